The summed E-state index contributed by atoms with van der Waals surface area (Å²) in [4.78, 5) is 4.91. The Morgan fingerprint density at radius 1 is 1.45 bits per heavy atom. The minimum absolute atomic E-state index is 0.000400. The molecule has 0 aliphatic rings. The van der Waals surface area contributed by atoms with Crippen LogP contribution in [0.1, 0.15) is 10.6 Å². The first-order valence-electron chi connectivity index (χ1n) is 5.72. The molecule has 8 heteroatoms. The molecule has 2 aromatic rings. The minimum atomic E-state index is -3.91. The highest BCUT2D eigenvalue weighted by molar-refractivity contribution is 7.89. The molecule has 0 aliphatic heterocycles. The van der Waals surface area contributed by atoms with E-state index in [2.05, 4.69) is 4.98 Å². The molecule has 0 aliphatic carbocycles. The van der Waals surface area contributed by atoms with Crippen molar-refractivity contribution in [2.75, 3.05) is 6.61 Å². The lowest BCUT2D eigenvalue weighted by molar-refractivity contribution is 0.305. The third-order valence-electron chi connectivity index (χ3n) is 2.66. The van der Waals surface area contributed by atoms with Crippen molar-refractivity contribution in [2.24, 2.45) is 5.14 Å². The summed E-state index contributed by atoms with van der Waals surface area (Å²) in [6.45, 7) is 2.18. The molecule has 5 nitrogen and oxygen atoms in total. The van der Waals surface area contributed by atoms with Crippen LogP contribution >= 0.6 is 11.3 Å². The molecule has 0 fully saturated rings. The Kier molecular flexibility index (Phi) is 4.36. The number of thiazole rings is 1. The summed E-state index contributed by atoms with van der Waals surface area (Å²) >= 11 is 1.51. The molecule has 0 unspecified atom stereocenters. The monoisotopic (exact) mass is 316 g/mol. The van der Waals surface area contributed by atoms with E-state index in [0.29, 0.717) is 6.42 Å². The van der Waals surface area contributed by atoms with Crippen LogP contribution in [0.25, 0.3) is 0 Å². The molecule has 0 atom stereocenters. The van der Waals surface area contributed by atoms with Crippen molar-refractivity contribution in [3.05, 3.63) is 40.1 Å². The predicted molar refractivity (Wildman–Crippen MR) is 73.8 cm³/mol. The zero-order chi connectivity index (χ0) is 14.8. The number of ether oxygens (including phenoxy) is 1. The largest absolute Gasteiger partial charge is 0.490 e. The van der Waals surface area contributed by atoms with Crippen molar-refractivity contribution in [1.29, 1.82) is 0 Å². The van der Waals surface area contributed by atoms with Gasteiger partial charge in [0.1, 0.15) is 0 Å². The number of primary sulfonamides is 1. The number of halogens is 1. The zero-order valence-corrected chi connectivity index (χ0v) is 12.3. The summed E-state index contributed by atoms with van der Waals surface area (Å²) in [6, 6.07) is 3.32. The Bertz CT molecular complexity index is 713. The molecule has 108 valence electrons. The molecule has 0 bridgehead atoms. The second-order valence-electron chi connectivity index (χ2n) is 4.10. The van der Waals surface area contributed by atoms with Crippen LogP contribution in [0.5, 0.6) is 5.75 Å². The Balaban J connectivity index is 2.02. The molecule has 1 aromatic heterocycles. The Morgan fingerprint density at radius 3 is 2.75 bits per heavy atom. The zero-order valence-electron chi connectivity index (χ0n) is 10.7. The lowest BCUT2D eigenvalue weighted by atomic mass is 10.3. The molecule has 20 heavy (non-hydrogen) atoms. The number of nitrogens with zero attached hydrogens (tertiary/aromatic N) is 1. The second-order valence-corrected chi connectivity index (χ2v) is 6.60. The highest BCUT2D eigenvalue weighted by Crippen LogP contribution is 2.21. The molecule has 0 saturated carbocycles. The predicted octanol–water partition coefficient (Wildman–Crippen LogP) is 1.86. The first kappa shape index (κ1) is 14.9. The van der Waals surface area contributed by atoms with Gasteiger partial charge in [-0.05, 0) is 25.1 Å². The smallest absolute Gasteiger partial charge is 0.238 e. The number of hydrogen-bond donors (Lipinski definition) is 1. The lowest BCUT2D eigenvalue weighted by Crippen LogP contribution is -2.12. The molecule has 0 radical (unpaired) electrons. The summed E-state index contributed by atoms with van der Waals surface area (Å²) in [6.07, 6.45) is 0.618. The number of rotatable bonds is 5. The first-order valence-corrected chi connectivity index (χ1v) is 8.14. The van der Waals surface area contributed by atoms with E-state index in [4.69, 9.17) is 9.88 Å². The summed E-state index contributed by atoms with van der Waals surface area (Å²) in [7, 11) is -3.91. The first-order chi connectivity index (χ1) is 9.38. The van der Waals surface area contributed by atoms with Gasteiger partial charge in [0.05, 0.1) is 22.7 Å². The van der Waals surface area contributed by atoms with E-state index in [0.717, 1.165) is 16.6 Å². The van der Waals surface area contributed by atoms with Gasteiger partial charge < -0.3 is 4.74 Å². The van der Waals surface area contributed by atoms with Gasteiger partial charge in [-0.25, -0.2) is 22.9 Å². The van der Waals surface area contributed by atoms with Crippen molar-refractivity contribution in [2.45, 2.75) is 18.2 Å². The van der Waals surface area contributed by atoms with Gasteiger partial charge in [0, 0.05) is 11.3 Å². The fourth-order valence-electron chi connectivity index (χ4n) is 1.60. The fraction of sp³-hybridized carbons (Fsp3) is 0.250. The number of nitrogens with two attached hydrogens (primary N) is 1. The maximum atomic E-state index is 13.7. The van der Waals surface area contributed by atoms with E-state index in [1.165, 1.54) is 23.5 Å². The Hall–Kier alpha value is -1.51. The van der Waals surface area contributed by atoms with Gasteiger partial charge in [-0.15, -0.1) is 11.3 Å². The van der Waals surface area contributed by atoms with E-state index < -0.39 is 15.8 Å². The molecule has 0 saturated heterocycles. The third-order valence-corrected chi connectivity index (χ3v) is 4.57. The molecular weight excluding hydrogens is 303 g/mol. The molecule has 0 spiro atoms. The molecular formula is C12H13FN2O3S2. The van der Waals surface area contributed by atoms with Crippen LogP contribution in [0.3, 0.4) is 0 Å². The summed E-state index contributed by atoms with van der Waals surface area (Å²) in [5.74, 6) is -0.753. The third kappa shape index (κ3) is 3.53. The van der Waals surface area contributed by atoms with E-state index in [1.807, 2.05) is 6.92 Å². The van der Waals surface area contributed by atoms with E-state index in [-0.39, 0.29) is 17.3 Å². The van der Waals surface area contributed by atoms with Crippen LogP contribution in [-0.4, -0.2) is 20.0 Å². The van der Waals surface area contributed by atoms with Gasteiger partial charge in [0.25, 0.3) is 0 Å². The molecule has 2 rings (SSSR count). The maximum absolute atomic E-state index is 13.7. The standard InChI is InChI=1S/C12H13FN2O3S2/c1-8-12(19-7-15-8)4-5-18-11-3-2-9(6-10(11)13)20(14,16)17/h2-3,6-7H,4-5H2,1H3,(H2,14,16,17). The van der Waals surface area contributed by atoms with E-state index in [9.17, 15) is 12.8 Å². The number of benzene rings is 1. The number of aryl methyl sites for hydroxylation is 1. The molecule has 2 N–H and O–H groups in total. The van der Waals surface area contributed by atoms with Gasteiger partial charge in [-0.1, -0.05) is 0 Å². The Labute approximate surface area is 120 Å². The van der Waals surface area contributed by atoms with Crippen molar-refractivity contribution < 1.29 is 17.5 Å². The topological polar surface area (TPSA) is 82.3 Å². The van der Waals surface area contributed by atoms with Crippen molar-refractivity contribution >= 4 is 21.4 Å². The van der Waals surface area contributed by atoms with Crippen molar-refractivity contribution in [3.8, 4) is 5.75 Å². The average molecular weight is 316 g/mol. The van der Waals surface area contributed by atoms with E-state index in [1.54, 1.807) is 5.51 Å². The van der Waals surface area contributed by atoms with Gasteiger partial charge in [-0.3, -0.25) is 0 Å². The van der Waals surface area contributed by atoms with Gasteiger partial charge in [0.15, 0.2) is 11.6 Å². The van der Waals surface area contributed by atoms with Crippen LogP contribution in [0.2, 0.25) is 0 Å². The Morgan fingerprint density at radius 2 is 2.20 bits per heavy atom. The fourth-order valence-corrected chi connectivity index (χ4v) is 2.88. The van der Waals surface area contributed by atoms with Gasteiger partial charge in [0.2, 0.25) is 10.0 Å². The lowest BCUT2D eigenvalue weighted by Gasteiger charge is -2.07. The second kappa shape index (κ2) is 5.86. The van der Waals surface area contributed by atoms with Crippen molar-refractivity contribution in [1.82, 2.24) is 4.98 Å². The highest BCUT2D eigenvalue weighted by atomic mass is 32.2. The number of sulfonamides is 1. The SMILES string of the molecule is Cc1ncsc1CCOc1ccc(S(N)(=O)=O)cc1F. The van der Waals surface area contributed by atoms with Crippen LogP contribution < -0.4 is 9.88 Å². The summed E-state index contributed by atoms with van der Waals surface area (Å²) in [5, 5.41) is 4.92. The van der Waals surface area contributed by atoms with E-state index >= 15 is 0 Å². The van der Waals surface area contributed by atoms with Crippen LogP contribution in [0.4, 0.5) is 4.39 Å². The molecule has 1 heterocycles. The average Bonchev–Trinajstić information content (AvgIpc) is 2.76. The number of aromatic nitrogens is 1. The number of hydrogen-bond acceptors (Lipinski definition) is 5. The highest BCUT2D eigenvalue weighted by Gasteiger charge is 2.12. The normalized spacial score (nSPS) is 11.6. The van der Waals surface area contributed by atoms with Crippen LogP contribution in [0.15, 0.2) is 28.6 Å². The van der Waals surface area contributed by atoms with Crippen LogP contribution in [0, 0.1) is 12.7 Å². The van der Waals surface area contributed by atoms with Crippen LogP contribution in [-0.2, 0) is 16.4 Å². The molecule has 0 amide bonds. The van der Waals surface area contributed by atoms with Crippen molar-refractivity contribution in [3.63, 3.8) is 0 Å². The minimum Gasteiger partial charge on any atom is -0.490 e. The maximum Gasteiger partial charge on any atom is 0.238 e. The summed E-state index contributed by atoms with van der Waals surface area (Å²) < 4.78 is 41.1. The van der Waals surface area contributed by atoms with Gasteiger partial charge in [-0.2, -0.15) is 0 Å². The quantitative estimate of drug-likeness (QED) is 0.913. The van der Waals surface area contributed by atoms with Gasteiger partial charge >= 0.3 is 0 Å². The molecule has 1 aromatic carbocycles. The summed E-state index contributed by atoms with van der Waals surface area (Å²) in [5.41, 5.74) is 2.68.